The summed E-state index contributed by atoms with van der Waals surface area (Å²) in [5.41, 5.74) is 1.44. The smallest absolute Gasteiger partial charge is 0.242 e. The number of benzene rings is 2. The van der Waals surface area contributed by atoms with Crippen LogP contribution in [0, 0.1) is 11.7 Å². The van der Waals surface area contributed by atoms with Gasteiger partial charge >= 0.3 is 0 Å². The Balaban J connectivity index is 2.06. The molecule has 2 amide bonds. The number of hydrogen-bond acceptors (Lipinski definition) is 3. The predicted molar refractivity (Wildman–Crippen MR) is 122 cm³/mol. The Labute approximate surface area is 187 Å². The van der Waals surface area contributed by atoms with Crippen molar-refractivity contribution in [3.63, 3.8) is 0 Å². The van der Waals surface area contributed by atoms with Gasteiger partial charge in [-0.1, -0.05) is 55.8 Å². The molecule has 0 saturated heterocycles. The molecule has 4 nitrogen and oxygen atoms in total. The lowest BCUT2D eigenvalue weighted by Gasteiger charge is -2.29. The quantitative estimate of drug-likeness (QED) is 0.560. The van der Waals surface area contributed by atoms with Gasteiger partial charge in [-0.25, -0.2) is 4.39 Å². The van der Waals surface area contributed by atoms with Gasteiger partial charge in [-0.3, -0.25) is 9.59 Å². The van der Waals surface area contributed by atoms with E-state index >= 15 is 0 Å². The van der Waals surface area contributed by atoms with E-state index in [2.05, 4.69) is 5.32 Å². The second kappa shape index (κ2) is 12.0. The molecule has 2 rings (SSSR count). The van der Waals surface area contributed by atoms with Crippen LogP contribution in [0.2, 0.25) is 5.02 Å². The molecule has 0 saturated carbocycles. The Kier molecular flexibility index (Phi) is 9.66. The standard InChI is InChI=1S/C23H28ClFN2O2S/c1-16(2)12-26-23(29)17(3)27(13-18-8-10-20(24)11-9-18)22(28)15-30-14-19-6-4-5-7-21(19)25/h4-11,16-17H,12-15H2,1-3H3,(H,26,29). The van der Waals surface area contributed by atoms with Crippen LogP contribution in [0.25, 0.3) is 0 Å². The zero-order valence-electron chi connectivity index (χ0n) is 17.5. The van der Waals surface area contributed by atoms with Crippen molar-refractivity contribution in [1.29, 1.82) is 0 Å². The molecule has 0 aliphatic rings. The van der Waals surface area contributed by atoms with Gasteiger partial charge in [0, 0.05) is 23.9 Å². The van der Waals surface area contributed by atoms with Crippen molar-refractivity contribution >= 4 is 35.2 Å². The Morgan fingerprint density at radius 2 is 1.77 bits per heavy atom. The van der Waals surface area contributed by atoms with Crippen LogP contribution in [0.1, 0.15) is 31.9 Å². The minimum Gasteiger partial charge on any atom is -0.354 e. The average molecular weight is 451 g/mol. The van der Waals surface area contributed by atoms with Gasteiger partial charge in [-0.2, -0.15) is 0 Å². The number of nitrogens with one attached hydrogen (secondary N) is 1. The maximum atomic E-state index is 13.8. The highest BCUT2D eigenvalue weighted by Gasteiger charge is 2.26. The molecule has 1 N–H and O–H groups in total. The van der Waals surface area contributed by atoms with E-state index in [0.29, 0.717) is 35.3 Å². The van der Waals surface area contributed by atoms with Crippen molar-refractivity contribution in [3.05, 3.63) is 70.5 Å². The van der Waals surface area contributed by atoms with Crippen LogP contribution >= 0.6 is 23.4 Å². The number of carbonyl (C=O) groups excluding carboxylic acids is 2. The molecule has 0 aliphatic heterocycles. The van der Waals surface area contributed by atoms with Crippen LogP contribution in [-0.4, -0.2) is 35.1 Å². The summed E-state index contributed by atoms with van der Waals surface area (Å²) in [7, 11) is 0. The Hall–Kier alpha value is -2.05. The molecule has 0 aromatic heterocycles. The Morgan fingerprint density at radius 3 is 2.40 bits per heavy atom. The molecule has 0 heterocycles. The number of rotatable bonds is 10. The molecule has 1 unspecified atom stereocenters. The highest BCUT2D eigenvalue weighted by molar-refractivity contribution is 7.99. The molecule has 0 spiro atoms. The first-order chi connectivity index (χ1) is 14.3. The van der Waals surface area contributed by atoms with Crippen molar-refractivity contribution < 1.29 is 14.0 Å². The maximum Gasteiger partial charge on any atom is 0.242 e. The Bertz CT molecular complexity index is 845. The fraction of sp³-hybridized carbons (Fsp3) is 0.391. The molecule has 0 aliphatic carbocycles. The lowest BCUT2D eigenvalue weighted by molar-refractivity contribution is -0.138. The molecule has 0 bridgehead atoms. The first-order valence-corrected chi connectivity index (χ1v) is 11.4. The lowest BCUT2D eigenvalue weighted by atomic mass is 10.1. The summed E-state index contributed by atoms with van der Waals surface area (Å²) in [4.78, 5) is 27.1. The molecule has 162 valence electrons. The van der Waals surface area contributed by atoms with Crippen LogP contribution in [-0.2, 0) is 21.9 Å². The van der Waals surface area contributed by atoms with Gasteiger partial charge in [-0.15, -0.1) is 11.8 Å². The van der Waals surface area contributed by atoms with E-state index in [1.54, 1.807) is 42.2 Å². The molecule has 1 atom stereocenters. The largest absolute Gasteiger partial charge is 0.354 e. The van der Waals surface area contributed by atoms with Gasteiger partial charge < -0.3 is 10.2 Å². The Morgan fingerprint density at radius 1 is 1.10 bits per heavy atom. The molecule has 2 aromatic rings. The maximum absolute atomic E-state index is 13.8. The van der Waals surface area contributed by atoms with Gasteiger partial charge in [-0.05, 0) is 42.2 Å². The van der Waals surface area contributed by atoms with E-state index in [-0.39, 0.29) is 23.4 Å². The van der Waals surface area contributed by atoms with E-state index in [9.17, 15) is 14.0 Å². The topological polar surface area (TPSA) is 49.4 Å². The summed E-state index contributed by atoms with van der Waals surface area (Å²) in [6.45, 7) is 6.60. The highest BCUT2D eigenvalue weighted by Crippen LogP contribution is 2.18. The van der Waals surface area contributed by atoms with Crippen LogP contribution in [0.3, 0.4) is 0 Å². The molecule has 30 heavy (non-hydrogen) atoms. The van der Waals surface area contributed by atoms with Crippen LogP contribution in [0.4, 0.5) is 4.39 Å². The third kappa shape index (κ3) is 7.65. The van der Waals surface area contributed by atoms with Crippen molar-refractivity contribution in [2.75, 3.05) is 12.3 Å². The SMILES string of the molecule is CC(C)CNC(=O)C(C)N(Cc1ccc(Cl)cc1)C(=O)CSCc1ccccc1F. The number of amides is 2. The third-order valence-electron chi connectivity index (χ3n) is 4.56. The molecule has 0 radical (unpaired) electrons. The zero-order valence-corrected chi connectivity index (χ0v) is 19.1. The first-order valence-electron chi connectivity index (χ1n) is 9.90. The average Bonchev–Trinajstić information content (AvgIpc) is 2.72. The van der Waals surface area contributed by atoms with Crippen LogP contribution in [0.15, 0.2) is 48.5 Å². The minimum absolute atomic E-state index is 0.156. The monoisotopic (exact) mass is 450 g/mol. The predicted octanol–water partition coefficient (Wildman–Crippen LogP) is 4.90. The number of hydrogen-bond donors (Lipinski definition) is 1. The summed E-state index contributed by atoms with van der Waals surface area (Å²) in [6.07, 6.45) is 0. The lowest BCUT2D eigenvalue weighted by Crippen LogP contribution is -2.48. The summed E-state index contributed by atoms with van der Waals surface area (Å²) in [5, 5.41) is 3.50. The fourth-order valence-corrected chi connectivity index (χ4v) is 3.79. The molecular weight excluding hydrogens is 423 g/mol. The van der Waals surface area contributed by atoms with E-state index < -0.39 is 6.04 Å². The summed E-state index contributed by atoms with van der Waals surface area (Å²) in [6, 6.07) is 13.1. The minimum atomic E-state index is -0.624. The van der Waals surface area contributed by atoms with Crippen LogP contribution in [0.5, 0.6) is 0 Å². The number of thioether (sulfide) groups is 1. The summed E-state index contributed by atoms with van der Waals surface area (Å²) in [5.74, 6) is 0.226. The molecule has 0 fully saturated rings. The van der Waals surface area contributed by atoms with E-state index in [1.165, 1.54) is 17.8 Å². The fourth-order valence-electron chi connectivity index (χ4n) is 2.77. The van der Waals surface area contributed by atoms with E-state index in [4.69, 9.17) is 11.6 Å². The summed E-state index contributed by atoms with van der Waals surface area (Å²) >= 11 is 7.29. The molecule has 7 heteroatoms. The van der Waals surface area contributed by atoms with Crippen molar-refractivity contribution in [2.24, 2.45) is 5.92 Å². The molecular formula is C23H28ClFN2O2S. The van der Waals surface area contributed by atoms with Gasteiger partial charge in [0.1, 0.15) is 11.9 Å². The normalized spacial score (nSPS) is 11.9. The second-order valence-corrected chi connectivity index (χ2v) is 8.97. The molecule has 2 aromatic carbocycles. The first kappa shape index (κ1) is 24.2. The van der Waals surface area contributed by atoms with Gasteiger partial charge in [0.15, 0.2) is 0 Å². The second-order valence-electron chi connectivity index (χ2n) is 7.55. The summed E-state index contributed by atoms with van der Waals surface area (Å²) < 4.78 is 13.8. The van der Waals surface area contributed by atoms with Crippen molar-refractivity contribution in [3.8, 4) is 0 Å². The van der Waals surface area contributed by atoms with Crippen LogP contribution < -0.4 is 5.32 Å². The van der Waals surface area contributed by atoms with Gasteiger partial charge in [0.2, 0.25) is 11.8 Å². The van der Waals surface area contributed by atoms with Gasteiger partial charge in [0.05, 0.1) is 5.75 Å². The number of halogens is 2. The highest BCUT2D eigenvalue weighted by atomic mass is 35.5. The van der Waals surface area contributed by atoms with Crippen molar-refractivity contribution in [1.82, 2.24) is 10.2 Å². The van der Waals surface area contributed by atoms with E-state index in [0.717, 1.165) is 5.56 Å². The third-order valence-corrected chi connectivity index (χ3v) is 5.78. The number of nitrogens with zero attached hydrogens (tertiary/aromatic N) is 1. The van der Waals surface area contributed by atoms with Crippen molar-refractivity contribution in [2.45, 2.75) is 39.1 Å². The van der Waals surface area contributed by atoms with Gasteiger partial charge in [0.25, 0.3) is 0 Å². The zero-order chi connectivity index (χ0) is 22.1. The number of carbonyl (C=O) groups is 2. The van der Waals surface area contributed by atoms with E-state index in [1.807, 2.05) is 26.0 Å².